The van der Waals surface area contributed by atoms with E-state index in [0.29, 0.717) is 48.9 Å². The second kappa shape index (κ2) is 13.5. The first kappa shape index (κ1) is 29.7. The molecule has 2 heterocycles. The highest BCUT2D eigenvalue weighted by Gasteiger charge is 2.41. The van der Waals surface area contributed by atoms with Crippen LogP contribution in [0, 0.1) is 0 Å². The van der Waals surface area contributed by atoms with Crippen molar-refractivity contribution in [1.29, 1.82) is 0 Å². The summed E-state index contributed by atoms with van der Waals surface area (Å²) in [5, 5.41) is 3.92. The van der Waals surface area contributed by atoms with Gasteiger partial charge in [-0.3, -0.25) is 9.87 Å². The number of fused-ring (bicyclic) bond motifs is 1. The predicted octanol–water partition coefficient (Wildman–Crippen LogP) is 5.78. The molecule has 1 aromatic heterocycles. The van der Waals surface area contributed by atoms with E-state index in [0.717, 1.165) is 40.9 Å². The van der Waals surface area contributed by atoms with Crippen LogP contribution in [0.5, 0.6) is 5.75 Å². The van der Waals surface area contributed by atoms with Crippen LogP contribution in [0.1, 0.15) is 47.3 Å². The molecule has 0 fully saturated rings. The molecule has 0 radical (unpaired) electrons. The molecule has 10 heteroatoms. The standard InChI is InChI=1S/C32H32ClN3O5S/c33-26-16-15-24(21-30(26)41-17-9-1-2-10-18-42(38,39)40)20-28-32(37)36-22-29(25-13-7-4-8-14-25)34-27(31(36)35-28)19-23-11-5-3-6-12-23/h3-8,11-16,21-22,28H,1-2,9-10,17-20H2,(H,38,39,40)/p+1. The molecule has 218 valence electrons. The lowest BCUT2D eigenvalue weighted by atomic mass is 10.1. The fraction of sp³-hybridized carbons (Fsp3) is 0.281. The summed E-state index contributed by atoms with van der Waals surface area (Å²) < 4.78 is 38.1. The molecule has 8 nitrogen and oxygen atoms in total. The van der Waals surface area contributed by atoms with Gasteiger partial charge >= 0.3 is 11.7 Å². The summed E-state index contributed by atoms with van der Waals surface area (Å²) in [4.78, 5) is 18.6. The van der Waals surface area contributed by atoms with Crippen LogP contribution in [-0.2, 0) is 23.0 Å². The first-order valence-corrected chi connectivity index (χ1v) is 16.0. The lowest BCUT2D eigenvalue weighted by molar-refractivity contribution is -0.552. The Kier molecular flexibility index (Phi) is 9.51. The fourth-order valence-electron chi connectivity index (χ4n) is 5.02. The number of nitrogens with one attached hydrogen (secondary N) is 1. The number of hydrogen-bond donors (Lipinski definition) is 2. The van der Waals surface area contributed by atoms with Gasteiger partial charge in [0.15, 0.2) is 6.04 Å². The number of hydrogen-bond acceptors (Lipinski definition) is 6. The summed E-state index contributed by atoms with van der Waals surface area (Å²) >= 11 is 6.39. The van der Waals surface area contributed by atoms with Gasteiger partial charge < -0.3 is 4.74 Å². The summed E-state index contributed by atoms with van der Waals surface area (Å²) in [6.45, 7) is 0.424. The first-order chi connectivity index (χ1) is 20.3. The van der Waals surface area contributed by atoms with Crippen LogP contribution in [0.3, 0.4) is 0 Å². The van der Waals surface area contributed by atoms with E-state index in [1.807, 2.05) is 60.7 Å². The minimum absolute atomic E-state index is 0.0544. The van der Waals surface area contributed by atoms with Crippen molar-refractivity contribution < 1.29 is 27.1 Å². The number of unbranched alkanes of at least 4 members (excludes halogenated alkanes) is 3. The average Bonchev–Trinajstić information content (AvgIpc) is 3.29. The molecule has 1 atom stereocenters. The topological polar surface area (TPSA) is 109 Å². The van der Waals surface area contributed by atoms with E-state index in [4.69, 9.17) is 25.9 Å². The summed E-state index contributed by atoms with van der Waals surface area (Å²) in [7, 11) is -3.92. The van der Waals surface area contributed by atoms with Gasteiger partial charge in [0, 0.05) is 18.4 Å². The molecule has 4 aromatic rings. The smallest absolute Gasteiger partial charge is 0.359 e. The second-order valence-corrected chi connectivity index (χ2v) is 12.4. The number of anilines is 1. The molecule has 1 aliphatic rings. The van der Waals surface area contributed by atoms with Crippen LogP contribution in [0.25, 0.3) is 11.3 Å². The lowest BCUT2D eigenvalue weighted by Gasteiger charge is -2.11. The highest BCUT2D eigenvalue weighted by Crippen LogP contribution is 2.29. The van der Waals surface area contributed by atoms with Gasteiger partial charge in [0.05, 0.1) is 17.4 Å². The summed E-state index contributed by atoms with van der Waals surface area (Å²) in [5.41, 5.74) is 4.49. The van der Waals surface area contributed by atoms with E-state index in [1.165, 1.54) is 0 Å². The van der Waals surface area contributed by atoms with E-state index < -0.39 is 16.2 Å². The van der Waals surface area contributed by atoms with Gasteiger partial charge in [-0.25, -0.2) is 9.78 Å². The Morgan fingerprint density at radius 1 is 0.929 bits per heavy atom. The monoisotopic (exact) mass is 606 g/mol. The number of nitrogens with zero attached hydrogens (tertiary/aromatic N) is 2. The molecule has 1 unspecified atom stereocenters. The molecule has 2 N–H and O–H groups in total. The van der Waals surface area contributed by atoms with Gasteiger partial charge in [-0.05, 0) is 36.1 Å². The van der Waals surface area contributed by atoms with Gasteiger partial charge in [-0.2, -0.15) is 13.0 Å². The van der Waals surface area contributed by atoms with Crippen molar-refractivity contribution in [3.63, 3.8) is 0 Å². The molecule has 0 bridgehead atoms. The van der Waals surface area contributed by atoms with Gasteiger partial charge in [-0.1, -0.05) is 91.2 Å². The maximum atomic E-state index is 13.7. The predicted molar refractivity (Wildman–Crippen MR) is 163 cm³/mol. The van der Waals surface area contributed by atoms with Crippen molar-refractivity contribution in [2.24, 2.45) is 0 Å². The molecule has 42 heavy (non-hydrogen) atoms. The number of aromatic nitrogens is 2. The molecule has 0 aliphatic carbocycles. The third-order valence-corrected chi connectivity index (χ3v) is 8.26. The third-order valence-electron chi connectivity index (χ3n) is 7.14. The zero-order valence-corrected chi connectivity index (χ0v) is 24.7. The number of halogens is 1. The molecule has 3 aromatic carbocycles. The third kappa shape index (κ3) is 7.73. The number of rotatable bonds is 13. The highest BCUT2D eigenvalue weighted by molar-refractivity contribution is 7.85. The molecule has 0 spiro atoms. The van der Waals surface area contributed by atoms with Gasteiger partial charge in [0.1, 0.15) is 23.3 Å². The minimum Gasteiger partial charge on any atom is -0.492 e. The van der Waals surface area contributed by atoms with Gasteiger partial charge in [0.25, 0.3) is 10.1 Å². The lowest BCUT2D eigenvalue weighted by Crippen LogP contribution is -2.44. The van der Waals surface area contributed by atoms with E-state index in [9.17, 15) is 13.2 Å². The molecular formula is C32H33ClN3O5S+. The largest absolute Gasteiger partial charge is 0.492 e. The Hall–Kier alpha value is -3.79. The Morgan fingerprint density at radius 3 is 2.38 bits per heavy atom. The quantitative estimate of drug-likeness (QED) is 0.113. The maximum absolute atomic E-state index is 13.7. The fourth-order valence-corrected chi connectivity index (χ4v) is 5.76. The summed E-state index contributed by atoms with van der Waals surface area (Å²) in [6.07, 6.45) is 5.41. The van der Waals surface area contributed by atoms with Crippen LogP contribution >= 0.6 is 11.6 Å². The number of ether oxygens (including phenoxy) is 1. The zero-order chi connectivity index (χ0) is 29.5. The van der Waals surface area contributed by atoms with Crippen LogP contribution in [-0.4, -0.2) is 42.3 Å². The average molecular weight is 607 g/mol. The number of benzene rings is 3. The Balaban J connectivity index is 1.28. The Bertz CT molecular complexity index is 1650. The molecular weight excluding hydrogens is 574 g/mol. The highest BCUT2D eigenvalue weighted by atomic mass is 35.5. The van der Waals surface area contributed by atoms with Crippen molar-refractivity contribution in [2.75, 3.05) is 17.7 Å². The second-order valence-electron chi connectivity index (χ2n) is 10.4. The van der Waals surface area contributed by atoms with E-state index in [2.05, 4.69) is 17.4 Å². The number of carbonyl (C=O) groups is 1. The zero-order valence-electron chi connectivity index (χ0n) is 23.1. The normalized spacial score (nSPS) is 14.4. The number of carbonyl (C=O) groups excluding carboxylic acids is 1. The molecule has 5 rings (SSSR count). The van der Waals surface area contributed by atoms with Crippen molar-refractivity contribution >= 4 is 33.4 Å². The summed E-state index contributed by atoms with van der Waals surface area (Å²) in [5.74, 6) is 0.963. The van der Waals surface area contributed by atoms with Gasteiger partial charge in [0.2, 0.25) is 0 Å². The SMILES string of the molecule is O=C1C(Cc2ccc(Cl)c(OCCCCCCS(=O)(=O)O)c2)Nc2c(Cc3ccccc3)nc(-c3ccccc3)c[n+]21. The first-order valence-electron chi connectivity index (χ1n) is 14.0. The van der Waals surface area contributed by atoms with Crippen molar-refractivity contribution in [2.45, 2.75) is 44.6 Å². The van der Waals surface area contributed by atoms with Crippen LogP contribution in [0.15, 0.2) is 85.1 Å². The van der Waals surface area contributed by atoms with Crippen molar-refractivity contribution in [1.82, 2.24) is 4.98 Å². The van der Waals surface area contributed by atoms with E-state index >= 15 is 0 Å². The van der Waals surface area contributed by atoms with Crippen LogP contribution in [0.2, 0.25) is 5.02 Å². The van der Waals surface area contributed by atoms with Crippen LogP contribution < -0.4 is 14.6 Å². The minimum atomic E-state index is -3.92. The van der Waals surface area contributed by atoms with Crippen molar-refractivity contribution in [3.8, 4) is 17.0 Å². The van der Waals surface area contributed by atoms with E-state index in [1.54, 1.807) is 16.8 Å². The molecule has 0 amide bonds. The molecule has 1 aliphatic heterocycles. The Labute approximate surface area is 251 Å². The maximum Gasteiger partial charge on any atom is 0.359 e. The molecule has 0 saturated heterocycles. The van der Waals surface area contributed by atoms with E-state index in [-0.39, 0.29) is 11.7 Å². The Morgan fingerprint density at radius 2 is 1.64 bits per heavy atom. The van der Waals surface area contributed by atoms with Crippen LogP contribution in [0.4, 0.5) is 5.82 Å². The van der Waals surface area contributed by atoms with Gasteiger partial charge in [-0.15, -0.1) is 0 Å². The molecule has 0 saturated carbocycles. The van der Waals surface area contributed by atoms with Crippen molar-refractivity contribution in [3.05, 3.63) is 107 Å². The summed E-state index contributed by atoms with van der Waals surface area (Å²) in [6, 6.07) is 25.0.